The molecule has 2 aromatic heterocycles. The Labute approximate surface area is 136 Å². The van der Waals surface area contributed by atoms with Crippen LogP contribution in [0.4, 0.5) is 4.39 Å². The lowest BCUT2D eigenvalue weighted by molar-refractivity contribution is 0.0982. The van der Waals surface area contributed by atoms with Crippen LogP contribution >= 0.6 is 0 Å². The van der Waals surface area contributed by atoms with Crippen LogP contribution in [0.1, 0.15) is 16.1 Å². The van der Waals surface area contributed by atoms with Gasteiger partial charge in [-0.15, -0.1) is 0 Å². The van der Waals surface area contributed by atoms with E-state index in [1.807, 2.05) is 4.72 Å². The number of rotatable bonds is 5. The van der Waals surface area contributed by atoms with Crippen molar-refractivity contribution in [2.45, 2.75) is 6.42 Å². The number of amides is 1. The average Bonchev–Trinajstić information content (AvgIpc) is 2.97. The first-order valence-electron chi connectivity index (χ1n) is 6.91. The molecule has 1 amide bonds. The first kappa shape index (κ1) is 16.1. The maximum Gasteiger partial charge on any atom is 0.268 e. The van der Waals surface area contributed by atoms with E-state index in [0.29, 0.717) is 11.3 Å². The topological polar surface area (TPSA) is 102 Å². The molecule has 3 rings (SSSR count). The van der Waals surface area contributed by atoms with Gasteiger partial charge in [-0.25, -0.2) is 17.5 Å². The van der Waals surface area contributed by atoms with E-state index in [0.717, 1.165) is 12.3 Å². The van der Waals surface area contributed by atoms with E-state index in [1.165, 1.54) is 30.7 Å². The normalized spacial score (nSPS) is 11.5. The van der Waals surface area contributed by atoms with Gasteiger partial charge in [-0.05, 0) is 18.2 Å². The summed E-state index contributed by atoms with van der Waals surface area (Å²) in [7, 11) is -3.89. The molecule has 0 bridgehead atoms. The lowest BCUT2D eigenvalue weighted by Gasteiger charge is -2.05. The fraction of sp³-hybridized carbons (Fsp3) is 0.133. The van der Waals surface area contributed by atoms with Crippen molar-refractivity contribution < 1.29 is 22.0 Å². The second-order valence-electron chi connectivity index (χ2n) is 4.99. The molecule has 7 nitrogen and oxygen atoms in total. The highest BCUT2D eigenvalue weighted by molar-refractivity contribution is 7.90. The summed E-state index contributed by atoms with van der Waals surface area (Å²) in [5, 5.41) is 0.205. The van der Waals surface area contributed by atoms with Crippen molar-refractivity contribution in [3.8, 4) is 0 Å². The number of carbonyl (C=O) groups is 1. The van der Waals surface area contributed by atoms with Crippen molar-refractivity contribution in [3.05, 3.63) is 60.1 Å². The minimum atomic E-state index is -3.89. The molecule has 24 heavy (non-hydrogen) atoms. The third-order valence-corrected chi connectivity index (χ3v) is 4.51. The molecule has 0 aliphatic heterocycles. The van der Waals surface area contributed by atoms with Crippen molar-refractivity contribution in [1.82, 2.24) is 14.7 Å². The largest absolute Gasteiger partial charge is 0.463 e. The summed E-state index contributed by atoms with van der Waals surface area (Å²) in [4.78, 5) is 20.0. The predicted octanol–water partition coefficient (Wildman–Crippen LogP) is 1.66. The number of aryl methyl sites for hydroxylation is 1. The molecular weight excluding hydrogens is 337 g/mol. The molecule has 0 saturated carbocycles. The number of nitrogens with one attached hydrogen (secondary N) is 1. The van der Waals surface area contributed by atoms with Gasteiger partial charge < -0.3 is 4.42 Å². The first-order valence-corrected chi connectivity index (χ1v) is 8.56. The fourth-order valence-corrected chi connectivity index (χ4v) is 3.09. The van der Waals surface area contributed by atoms with Crippen molar-refractivity contribution in [3.63, 3.8) is 0 Å². The Kier molecular flexibility index (Phi) is 4.26. The van der Waals surface area contributed by atoms with Crippen LogP contribution in [0.2, 0.25) is 0 Å². The van der Waals surface area contributed by atoms with Gasteiger partial charge >= 0.3 is 0 Å². The molecule has 0 unspecified atom stereocenters. The highest BCUT2D eigenvalue weighted by Gasteiger charge is 2.20. The van der Waals surface area contributed by atoms with Gasteiger partial charge in [0.25, 0.3) is 5.91 Å². The van der Waals surface area contributed by atoms with Crippen LogP contribution in [0.15, 0.2) is 47.5 Å². The number of nitrogens with zero attached hydrogens (tertiary/aromatic N) is 2. The van der Waals surface area contributed by atoms with Crippen molar-refractivity contribution in [2.75, 3.05) is 5.75 Å². The summed E-state index contributed by atoms with van der Waals surface area (Å²) in [6.45, 7) is 0. The van der Waals surface area contributed by atoms with Crippen LogP contribution in [-0.2, 0) is 16.4 Å². The molecule has 0 radical (unpaired) electrons. The van der Waals surface area contributed by atoms with Crippen LogP contribution < -0.4 is 4.72 Å². The molecule has 0 saturated heterocycles. The van der Waals surface area contributed by atoms with Crippen LogP contribution in [0.5, 0.6) is 0 Å². The van der Waals surface area contributed by atoms with E-state index < -0.39 is 21.7 Å². The van der Waals surface area contributed by atoms with Gasteiger partial charge in [0.1, 0.15) is 17.7 Å². The summed E-state index contributed by atoms with van der Waals surface area (Å²) >= 11 is 0. The van der Waals surface area contributed by atoms with Gasteiger partial charge in [0, 0.05) is 30.4 Å². The van der Waals surface area contributed by atoms with Gasteiger partial charge in [-0.2, -0.15) is 0 Å². The predicted molar refractivity (Wildman–Crippen MR) is 83.2 cm³/mol. The lowest BCUT2D eigenvalue weighted by Crippen LogP contribution is -2.33. The number of hydrogen-bond donors (Lipinski definition) is 1. The van der Waals surface area contributed by atoms with Crippen molar-refractivity contribution >= 4 is 26.9 Å². The van der Waals surface area contributed by atoms with Crippen LogP contribution in [0.3, 0.4) is 0 Å². The van der Waals surface area contributed by atoms with E-state index in [-0.39, 0.29) is 23.1 Å². The van der Waals surface area contributed by atoms with Gasteiger partial charge in [0.05, 0.1) is 17.0 Å². The monoisotopic (exact) mass is 349 g/mol. The molecule has 0 spiro atoms. The molecule has 0 atom stereocenters. The van der Waals surface area contributed by atoms with E-state index >= 15 is 0 Å². The van der Waals surface area contributed by atoms with Crippen molar-refractivity contribution in [2.24, 2.45) is 0 Å². The SMILES string of the molecule is O=C(NS(=O)(=O)CCc1cnccn1)c1coc2ccc(F)cc12. The van der Waals surface area contributed by atoms with Crippen LogP contribution in [-0.4, -0.2) is 30.0 Å². The second-order valence-corrected chi connectivity index (χ2v) is 6.83. The molecule has 0 aliphatic rings. The minimum absolute atomic E-state index is 0.0485. The Morgan fingerprint density at radius 2 is 2.12 bits per heavy atom. The Morgan fingerprint density at radius 1 is 1.29 bits per heavy atom. The minimum Gasteiger partial charge on any atom is -0.463 e. The van der Waals surface area contributed by atoms with Gasteiger partial charge in [-0.1, -0.05) is 0 Å². The number of aromatic nitrogens is 2. The third-order valence-electron chi connectivity index (χ3n) is 3.27. The number of furan rings is 1. The fourth-order valence-electron chi connectivity index (χ4n) is 2.12. The number of fused-ring (bicyclic) bond motifs is 1. The van der Waals surface area contributed by atoms with Gasteiger partial charge in [-0.3, -0.25) is 14.8 Å². The summed E-state index contributed by atoms with van der Waals surface area (Å²) in [5.41, 5.74) is 0.734. The Balaban J connectivity index is 1.74. The standard InChI is InChI=1S/C15H12FN3O4S/c16-10-1-2-14-12(7-10)13(9-23-14)15(20)19-24(21,22)6-3-11-8-17-4-5-18-11/h1-2,4-5,7-9H,3,6H2,(H,19,20). The molecule has 1 N–H and O–H groups in total. The highest BCUT2D eigenvalue weighted by atomic mass is 32.2. The van der Waals surface area contributed by atoms with E-state index in [4.69, 9.17) is 4.42 Å². The molecule has 3 aromatic rings. The summed E-state index contributed by atoms with van der Waals surface area (Å²) in [6.07, 6.45) is 5.58. The molecule has 0 aliphatic carbocycles. The second kappa shape index (κ2) is 6.36. The lowest BCUT2D eigenvalue weighted by atomic mass is 10.1. The first-order chi connectivity index (χ1) is 11.4. The number of carbonyl (C=O) groups excluding carboxylic acids is 1. The molecule has 2 heterocycles. The molecule has 1 aromatic carbocycles. The number of hydrogen-bond acceptors (Lipinski definition) is 6. The Bertz CT molecular complexity index is 986. The zero-order chi connectivity index (χ0) is 17.2. The average molecular weight is 349 g/mol. The maximum absolute atomic E-state index is 13.3. The molecular formula is C15H12FN3O4S. The molecule has 124 valence electrons. The summed E-state index contributed by atoms with van der Waals surface area (Å²) < 4.78 is 44.4. The smallest absolute Gasteiger partial charge is 0.268 e. The Hall–Kier alpha value is -2.81. The van der Waals surface area contributed by atoms with E-state index in [1.54, 1.807) is 0 Å². The summed E-state index contributed by atoms with van der Waals surface area (Å²) in [6, 6.07) is 3.66. The van der Waals surface area contributed by atoms with Gasteiger partial charge in [0.15, 0.2) is 0 Å². The number of benzene rings is 1. The summed E-state index contributed by atoms with van der Waals surface area (Å²) in [5.74, 6) is -1.76. The van der Waals surface area contributed by atoms with E-state index in [9.17, 15) is 17.6 Å². The molecule has 9 heteroatoms. The van der Waals surface area contributed by atoms with Crippen LogP contribution in [0, 0.1) is 5.82 Å². The zero-order valence-corrected chi connectivity index (χ0v) is 13.1. The number of sulfonamides is 1. The van der Waals surface area contributed by atoms with E-state index in [2.05, 4.69) is 9.97 Å². The van der Waals surface area contributed by atoms with Crippen molar-refractivity contribution in [1.29, 1.82) is 0 Å². The quantitative estimate of drug-likeness (QED) is 0.752. The van der Waals surface area contributed by atoms with Gasteiger partial charge in [0.2, 0.25) is 10.0 Å². The van der Waals surface area contributed by atoms with Crippen LogP contribution in [0.25, 0.3) is 11.0 Å². The Morgan fingerprint density at radius 3 is 2.88 bits per heavy atom. The maximum atomic E-state index is 13.3. The highest BCUT2D eigenvalue weighted by Crippen LogP contribution is 2.22. The molecule has 0 fully saturated rings. The zero-order valence-electron chi connectivity index (χ0n) is 12.3. The third kappa shape index (κ3) is 3.57. The number of halogens is 1.